The third-order valence-electron chi connectivity index (χ3n) is 7.17. The standard InChI is InChI=1S/C29H27N7O3/c30-16-20(15-18-8-9-18)29(38)35-14-4-5-21(17-35)36-26-24(27(31)32-33-28(26)37)25(34-36)19-10-12-23(13-11-19)39-22-6-2-1-3-7-22/h1-3,6-7,10-13,15,18,21H,4-5,8-9,14,17H2,(H2,31,32)(H,33,37)/b20-15+/t21-/m1/s1. The van der Waals surface area contributed by atoms with Crippen LogP contribution in [-0.4, -0.2) is 43.9 Å². The first-order valence-corrected chi connectivity index (χ1v) is 13.0. The van der Waals surface area contributed by atoms with Crippen LogP contribution in [0, 0.1) is 17.2 Å². The maximum absolute atomic E-state index is 13.1. The van der Waals surface area contributed by atoms with E-state index in [1.165, 1.54) is 0 Å². The number of amides is 1. The molecule has 196 valence electrons. The van der Waals surface area contributed by atoms with Crippen LogP contribution in [0.5, 0.6) is 11.5 Å². The lowest BCUT2D eigenvalue weighted by molar-refractivity contribution is -0.128. The van der Waals surface area contributed by atoms with Gasteiger partial charge in [-0.1, -0.05) is 24.3 Å². The Kier molecular flexibility index (Phi) is 6.32. The van der Waals surface area contributed by atoms with Gasteiger partial charge in [-0.05, 0) is 68.0 Å². The monoisotopic (exact) mass is 521 g/mol. The van der Waals surface area contributed by atoms with Gasteiger partial charge in [0, 0.05) is 18.7 Å². The number of para-hydroxylation sites is 1. The number of nitrogens with one attached hydrogen (secondary N) is 1. The number of benzene rings is 2. The summed E-state index contributed by atoms with van der Waals surface area (Å²) in [4.78, 5) is 27.8. The highest BCUT2D eigenvalue weighted by molar-refractivity contribution is 6.00. The maximum Gasteiger partial charge on any atom is 0.290 e. The number of nitriles is 1. The van der Waals surface area contributed by atoms with Crippen molar-refractivity contribution in [2.45, 2.75) is 31.7 Å². The molecule has 2 aromatic carbocycles. The lowest BCUT2D eigenvalue weighted by Gasteiger charge is -2.33. The topological polar surface area (TPSA) is 143 Å². The van der Waals surface area contributed by atoms with Crippen LogP contribution in [0.3, 0.4) is 0 Å². The number of nitrogen functional groups attached to an aromatic ring is 1. The summed E-state index contributed by atoms with van der Waals surface area (Å²) in [7, 11) is 0. The Morgan fingerprint density at radius 2 is 1.85 bits per heavy atom. The molecule has 39 heavy (non-hydrogen) atoms. The molecule has 3 heterocycles. The third-order valence-corrected chi connectivity index (χ3v) is 7.17. The molecule has 1 atom stereocenters. The van der Waals surface area contributed by atoms with Gasteiger partial charge >= 0.3 is 0 Å². The van der Waals surface area contributed by atoms with Crippen molar-refractivity contribution in [1.29, 1.82) is 5.26 Å². The molecule has 2 aliphatic rings. The van der Waals surface area contributed by atoms with Crippen molar-refractivity contribution in [3.63, 3.8) is 0 Å². The molecular formula is C29H27N7O3. The van der Waals surface area contributed by atoms with Gasteiger partial charge in [0.15, 0.2) is 5.82 Å². The minimum Gasteiger partial charge on any atom is -0.457 e. The number of hydrogen-bond acceptors (Lipinski definition) is 7. The number of carbonyl (C=O) groups is 1. The second-order valence-electron chi connectivity index (χ2n) is 9.97. The zero-order valence-electron chi connectivity index (χ0n) is 21.2. The van der Waals surface area contributed by atoms with E-state index >= 15 is 0 Å². The quantitative estimate of drug-likeness (QED) is 0.286. The van der Waals surface area contributed by atoms with Crippen molar-refractivity contribution in [3.05, 3.63) is 76.6 Å². The zero-order chi connectivity index (χ0) is 26.9. The molecule has 1 saturated carbocycles. The number of fused-ring (bicyclic) bond motifs is 1. The maximum atomic E-state index is 13.1. The summed E-state index contributed by atoms with van der Waals surface area (Å²) in [6.07, 6.45) is 5.26. The smallest absolute Gasteiger partial charge is 0.290 e. The van der Waals surface area contributed by atoms with E-state index < -0.39 is 5.56 Å². The molecule has 1 aliphatic heterocycles. The number of nitrogens with two attached hydrogens (primary N) is 1. The van der Waals surface area contributed by atoms with Crippen LogP contribution in [0.4, 0.5) is 5.82 Å². The van der Waals surface area contributed by atoms with E-state index in [1.807, 2.05) is 54.6 Å². The Morgan fingerprint density at radius 3 is 2.56 bits per heavy atom. The lowest BCUT2D eigenvalue weighted by Crippen LogP contribution is -2.41. The molecule has 0 spiro atoms. The predicted molar refractivity (Wildman–Crippen MR) is 146 cm³/mol. The van der Waals surface area contributed by atoms with Gasteiger partial charge in [-0.2, -0.15) is 15.5 Å². The van der Waals surface area contributed by atoms with Crippen molar-refractivity contribution in [2.75, 3.05) is 18.8 Å². The highest BCUT2D eigenvalue weighted by atomic mass is 16.5. The van der Waals surface area contributed by atoms with E-state index in [2.05, 4.69) is 16.3 Å². The van der Waals surface area contributed by atoms with Gasteiger partial charge in [0.25, 0.3) is 11.5 Å². The van der Waals surface area contributed by atoms with Crippen molar-refractivity contribution in [2.24, 2.45) is 5.92 Å². The number of likely N-dealkylation sites (tertiary alicyclic amines) is 1. The summed E-state index contributed by atoms with van der Waals surface area (Å²) >= 11 is 0. The molecule has 4 aromatic rings. The van der Waals surface area contributed by atoms with Gasteiger partial charge < -0.3 is 15.4 Å². The van der Waals surface area contributed by atoms with Gasteiger partial charge in [-0.3, -0.25) is 14.3 Å². The lowest BCUT2D eigenvalue weighted by atomic mass is 10.0. The minimum atomic E-state index is -0.406. The summed E-state index contributed by atoms with van der Waals surface area (Å²) in [5, 5.41) is 21.3. The van der Waals surface area contributed by atoms with Crippen LogP contribution in [0.25, 0.3) is 22.2 Å². The molecule has 1 aliphatic carbocycles. The summed E-state index contributed by atoms with van der Waals surface area (Å²) in [6.45, 7) is 0.887. The first-order valence-electron chi connectivity index (χ1n) is 13.0. The molecule has 10 nitrogen and oxygen atoms in total. The highest BCUT2D eigenvalue weighted by Gasteiger charge is 2.31. The molecule has 3 N–H and O–H groups in total. The normalized spacial score (nSPS) is 17.7. The van der Waals surface area contributed by atoms with Gasteiger partial charge in [0.05, 0.1) is 11.4 Å². The number of allylic oxidation sites excluding steroid dienone is 1. The third kappa shape index (κ3) is 4.86. The Labute approximate surface area is 224 Å². The van der Waals surface area contributed by atoms with E-state index in [-0.39, 0.29) is 23.3 Å². The van der Waals surface area contributed by atoms with Gasteiger partial charge in [0.2, 0.25) is 0 Å². The number of carbonyl (C=O) groups excluding carboxylic acids is 1. The molecule has 0 unspecified atom stereocenters. The SMILES string of the molecule is N#C/C(=C\C1CC1)C(=O)N1CCC[C@@H](n2nc(-c3ccc(Oc4ccccc4)cc3)c3c(N)n[nH]c(=O)c32)C1. The Morgan fingerprint density at radius 1 is 1.10 bits per heavy atom. The number of nitrogens with zero attached hydrogens (tertiary/aromatic N) is 5. The molecule has 2 aromatic heterocycles. The van der Waals surface area contributed by atoms with Crippen molar-refractivity contribution < 1.29 is 9.53 Å². The van der Waals surface area contributed by atoms with Crippen LogP contribution < -0.4 is 16.0 Å². The summed E-state index contributed by atoms with van der Waals surface area (Å²) in [5.41, 5.74) is 7.63. The fourth-order valence-corrected chi connectivity index (χ4v) is 5.05. The van der Waals surface area contributed by atoms with Crippen LogP contribution in [0.15, 0.2) is 71.0 Å². The number of aromatic nitrogens is 4. The van der Waals surface area contributed by atoms with Crippen molar-refractivity contribution in [3.8, 4) is 28.8 Å². The highest BCUT2D eigenvalue weighted by Crippen LogP contribution is 2.35. The van der Waals surface area contributed by atoms with Crippen molar-refractivity contribution in [1.82, 2.24) is 24.9 Å². The summed E-state index contributed by atoms with van der Waals surface area (Å²) in [6, 6.07) is 18.7. The number of hydrogen-bond donors (Lipinski definition) is 2. The number of anilines is 1. The molecule has 1 saturated heterocycles. The van der Waals surface area contributed by atoms with Gasteiger partial charge in [-0.15, -0.1) is 0 Å². The van der Waals surface area contributed by atoms with E-state index in [9.17, 15) is 14.9 Å². The fraction of sp³-hybridized carbons (Fsp3) is 0.276. The number of piperidine rings is 1. The molecule has 6 rings (SSSR count). The molecule has 2 fully saturated rings. The first-order chi connectivity index (χ1) is 19.0. The molecule has 1 amide bonds. The molecule has 0 bridgehead atoms. The van der Waals surface area contributed by atoms with Crippen LogP contribution in [-0.2, 0) is 4.79 Å². The number of H-pyrrole nitrogens is 1. The van der Waals surface area contributed by atoms with E-state index in [0.717, 1.165) is 37.0 Å². The molecule has 0 radical (unpaired) electrons. The Hall–Kier alpha value is -4.91. The van der Waals surface area contributed by atoms with Gasteiger partial charge in [-0.25, -0.2) is 5.10 Å². The average molecular weight is 522 g/mol. The zero-order valence-corrected chi connectivity index (χ0v) is 21.2. The second-order valence-corrected chi connectivity index (χ2v) is 9.97. The Balaban J connectivity index is 1.34. The molecular weight excluding hydrogens is 494 g/mol. The summed E-state index contributed by atoms with van der Waals surface area (Å²) in [5.74, 6) is 1.60. The van der Waals surface area contributed by atoms with E-state index in [1.54, 1.807) is 15.7 Å². The van der Waals surface area contributed by atoms with Crippen molar-refractivity contribution >= 4 is 22.6 Å². The van der Waals surface area contributed by atoms with Crippen LogP contribution in [0.1, 0.15) is 31.7 Å². The largest absolute Gasteiger partial charge is 0.457 e. The fourth-order valence-electron chi connectivity index (χ4n) is 5.05. The Bertz CT molecular complexity index is 1660. The first kappa shape index (κ1) is 24.4. The van der Waals surface area contributed by atoms with E-state index in [0.29, 0.717) is 41.4 Å². The van der Waals surface area contributed by atoms with Crippen LogP contribution >= 0.6 is 0 Å². The predicted octanol–water partition coefficient (Wildman–Crippen LogP) is 4.18. The minimum absolute atomic E-state index is 0.165. The number of aromatic amines is 1. The van der Waals surface area contributed by atoms with Crippen LogP contribution in [0.2, 0.25) is 0 Å². The second kappa shape index (κ2) is 10.1. The number of ether oxygens (including phenoxy) is 1. The summed E-state index contributed by atoms with van der Waals surface area (Å²) < 4.78 is 7.58. The average Bonchev–Trinajstić information content (AvgIpc) is 3.70. The van der Waals surface area contributed by atoms with Gasteiger partial charge in [0.1, 0.15) is 34.4 Å². The number of rotatable bonds is 6. The van der Waals surface area contributed by atoms with E-state index in [4.69, 9.17) is 15.6 Å². The molecule has 10 heteroatoms.